The number of aromatic amines is 1. The van der Waals surface area contributed by atoms with Gasteiger partial charge >= 0.3 is 0 Å². The SMILES string of the molecule is CCc1nc2n(n1)CC(Nc1nc3ccccc3[nH]1)CC2. The summed E-state index contributed by atoms with van der Waals surface area (Å²) in [6.07, 6.45) is 2.91. The summed E-state index contributed by atoms with van der Waals surface area (Å²) >= 11 is 0. The van der Waals surface area contributed by atoms with E-state index < -0.39 is 0 Å². The second-order valence-electron chi connectivity index (χ2n) is 5.46. The van der Waals surface area contributed by atoms with Crippen molar-refractivity contribution >= 4 is 17.0 Å². The molecule has 2 aromatic heterocycles. The maximum atomic E-state index is 4.57. The summed E-state index contributed by atoms with van der Waals surface area (Å²) in [6.45, 7) is 2.94. The molecular weight excluding hydrogens is 264 g/mol. The van der Waals surface area contributed by atoms with Gasteiger partial charge in [-0.3, -0.25) is 0 Å². The number of nitrogens with one attached hydrogen (secondary N) is 2. The molecule has 1 aliphatic rings. The number of hydrogen-bond acceptors (Lipinski definition) is 4. The van der Waals surface area contributed by atoms with Crippen molar-refractivity contribution in [1.29, 1.82) is 0 Å². The number of imidazole rings is 1. The molecule has 6 nitrogen and oxygen atoms in total. The third kappa shape index (κ3) is 2.26. The van der Waals surface area contributed by atoms with E-state index in [4.69, 9.17) is 0 Å². The summed E-state index contributed by atoms with van der Waals surface area (Å²) in [5.74, 6) is 2.88. The number of rotatable bonds is 3. The van der Waals surface area contributed by atoms with Crippen molar-refractivity contribution in [1.82, 2.24) is 24.7 Å². The molecule has 0 amide bonds. The Morgan fingerprint density at radius 3 is 3.10 bits per heavy atom. The Labute approximate surface area is 122 Å². The Kier molecular flexibility index (Phi) is 2.87. The highest BCUT2D eigenvalue weighted by molar-refractivity contribution is 5.77. The van der Waals surface area contributed by atoms with Crippen LogP contribution in [0.1, 0.15) is 25.0 Å². The minimum Gasteiger partial charge on any atom is -0.351 e. The quantitative estimate of drug-likeness (QED) is 0.772. The Bertz CT molecular complexity index is 738. The number of hydrogen-bond donors (Lipinski definition) is 2. The first-order chi connectivity index (χ1) is 10.3. The van der Waals surface area contributed by atoms with Crippen molar-refractivity contribution in [2.45, 2.75) is 38.8 Å². The van der Waals surface area contributed by atoms with Crippen LogP contribution in [0.25, 0.3) is 11.0 Å². The number of benzene rings is 1. The number of aromatic nitrogens is 5. The first-order valence-electron chi connectivity index (χ1n) is 7.45. The van der Waals surface area contributed by atoms with Crippen molar-refractivity contribution in [3.63, 3.8) is 0 Å². The molecule has 4 rings (SSSR count). The van der Waals surface area contributed by atoms with Crippen molar-refractivity contribution in [2.75, 3.05) is 5.32 Å². The number of nitrogens with zero attached hydrogens (tertiary/aromatic N) is 4. The largest absolute Gasteiger partial charge is 0.351 e. The van der Waals surface area contributed by atoms with Crippen LogP contribution >= 0.6 is 0 Å². The molecule has 3 heterocycles. The van der Waals surface area contributed by atoms with Gasteiger partial charge in [0.1, 0.15) is 5.82 Å². The fourth-order valence-electron chi connectivity index (χ4n) is 2.84. The molecule has 1 unspecified atom stereocenters. The van der Waals surface area contributed by atoms with Crippen molar-refractivity contribution < 1.29 is 0 Å². The molecule has 0 saturated carbocycles. The number of anilines is 1. The predicted octanol–water partition coefficient (Wildman–Crippen LogP) is 2.14. The van der Waals surface area contributed by atoms with Gasteiger partial charge in [-0.25, -0.2) is 14.6 Å². The Balaban J connectivity index is 1.52. The highest BCUT2D eigenvalue weighted by Crippen LogP contribution is 2.18. The minimum absolute atomic E-state index is 0.337. The van der Waals surface area contributed by atoms with Gasteiger partial charge in [-0.05, 0) is 18.6 Å². The summed E-state index contributed by atoms with van der Waals surface area (Å²) in [5.41, 5.74) is 2.05. The van der Waals surface area contributed by atoms with Crippen LogP contribution in [0.2, 0.25) is 0 Å². The summed E-state index contributed by atoms with van der Waals surface area (Å²) in [4.78, 5) is 12.4. The Hall–Kier alpha value is -2.37. The van der Waals surface area contributed by atoms with Crippen LogP contribution in [0.4, 0.5) is 5.95 Å². The molecule has 1 aromatic carbocycles. The van der Waals surface area contributed by atoms with E-state index in [2.05, 4.69) is 32.3 Å². The highest BCUT2D eigenvalue weighted by Gasteiger charge is 2.21. The number of aryl methyl sites for hydroxylation is 2. The lowest BCUT2D eigenvalue weighted by molar-refractivity contribution is 0.439. The van der Waals surface area contributed by atoms with Crippen LogP contribution in [0.15, 0.2) is 24.3 Å². The molecular formula is C15H18N6. The van der Waals surface area contributed by atoms with Gasteiger partial charge in [-0.1, -0.05) is 19.1 Å². The van der Waals surface area contributed by atoms with E-state index in [0.29, 0.717) is 6.04 Å². The lowest BCUT2D eigenvalue weighted by atomic mass is 10.1. The normalized spacial score (nSPS) is 17.9. The molecule has 21 heavy (non-hydrogen) atoms. The van der Waals surface area contributed by atoms with Crippen molar-refractivity contribution in [3.05, 3.63) is 35.9 Å². The van der Waals surface area contributed by atoms with Crippen LogP contribution in [0.5, 0.6) is 0 Å². The zero-order chi connectivity index (χ0) is 14.2. The van der Waals surface area contributed by atoms with Gasteiger partial charge in [0.05, 0.1) is 17.6 Å². The Morgan fingerprint density at radius 1 is 1.33 bits per heavy atom. The molecule has 108 valence electrons. The van der Waals surface area contributed by atoms with Crippen LogP contribution in [0, 0.1) is 0 Å². The van der Waals surface area contributed by atoms with Crippen LogP contribution in [0.3, 0.4) is 0 Å². The van der Waals surface area contributed by atoms with Gasteiger partial charge in [0, 0.05) is 18.9 Å². The lowest BCUT2D eigenvalue weighted by Crippen LogP contribution is -2.32. The third-order valence-corrected chi connectivity index (χ3v) is 3.95. The summed E-state index contributed by atoms with van der Waals surface area (Å²) < 4.78 is 2.03. The molecule has 2 N–H and O–H groups in total. The molecule has 3 aromatic rings. The monoisotopic (exact) mass is 282 g/mol. The van der Waals surface area contributed by atoms with E-state index in [-0.39, 0.29) is 0 Å². The maximum absolute atomic E-state index is 4.57. The molecule has 0 fully saturated rings. The smallest absolute Gasteiger partial charge is 0.201 e. The number of para-hydroxylation sites is 2. The standard InChI is InChI=1S/C15H18N6/c1-2-13-19-14-8-7-10(9-21(14)20-13)16-15-17-11-5-3-4-6-12(11)18-15/h3-6,10H,2,7-9H2,1H3,(H2,16,17,18). The molecule has 1 atom stereocenters. The first-order valence-corrected chi connectivity index (χ1v) is 7.45. The summed E-state index contributed by atoms with van der Waals surface area (Å²) in [7, 11) is 0. The zero-order valence-corrected chi connectivity index (χ0v) is 12.0. The van der Waals surface area contributed by atoms with Gasteiger partial charge in [-0.2, -0.15) is 5.10 Å². The van der Waals surface area contributed by atoms with Gasteiger partial charge < -0.3 is 10.3 Å². The van der Waals surface area contributed by atoms with Gasteiger partial charge in [0.2, 0.25) is 5.95 Å². The zero-order valence-electron chi connectivity index (χ0n) is 12.0. The van der Waals surface area contributed by atoms with E-state index in [1.165, 1.54) is 0 Å². The highest BCUT2D eigenvalue weighted by atomic mass is 15.4. The van der Waals surface area contributed by atoms with Crippen molar-refractivity contribution in [2.24, 2.45) is 0 Å². The van der Waals surface area contributed by atoms with Crippen LogP contribution < -0.4 is 5.32 Å². The summed E-state index contributed by atoms with van der Waals surface area (Å²) in [6, 6.07) is 8.41. The van der Waals surface area contributed by atoms with E-state index in [9.17, 15) is 0 Å². The van der Waals surface area contributed by atoms with E-state index in [0.717, 1.165) is 54.4 Å². The molecule has 6 heteroatoms. The third-order valence-electron chi connectivity index (χ3n) is 3.95. The second kappa shape index (κ2) is 4.87. The fraction of sp³-hybridized carbons (Fsp3) is 0.400. The molecule has 0 aliphatic carbocycles. The topological polar surface area (TPSA) is 71.4 Å². The molecule has 0 bridgehead atoms. The van der Waals surface area contributed by atoms with Gasteiger partial charge in [0.15, 0.2) is 5.82 Å². The average Bonchev–Trinajstić information content (AvgIpc) is 3.09. The number of H-pyrrole nitrogens is 1. The van der Waals surface area contributed by atoms with E-state index >= 15 is 0 Å². The molecule has 0 saturated heterocycles. The molecule has 0 radical (unpaired) electrons. The van der Waals surface area contributed by atoms with Gasteiger partial charge in [0.25, 0.3) is 0 Å². The number of fused-ring (bicyclic) bond motifs is 2. The predicted molar refractivity (Wildman–Crippen MR) is 81.2 cm³/mol. The van der Waals surface area contributed by atoms with E-state index in [1.54, 1.807) is 0 Å². The fourth-order valence-corrected chi connectivity index (χ4v) is 2.84. The summed E-state index contributed by atoms with van der Waals surface area (Å²) in [5, 5.41) is 8.02. The van der Waals surface area contributed by atoms with Crippen LogP contribution in [-0.4, -0.2) is 30.8 Å². The molecule has 0 spiro atoms. The Morgan fingerprint density at radius 2 is 2.24 bits per heavy atom. The van der Waals surface area contributed by atoms with Gasteiger partial charge in [-0.15, -0.1) is 0 Å². The minimum atomic E-state index is 0.337. The van der Waals surface area contributed by atoms with Crippen molar-refractivity contribution in [3.8, 4) is 0 Å². The van der Waals surface area contributed by atoms with E-state index in [1.807, 2.05) is 28.9 Å². The lowest BCUT2D eigenvalue weighted by Gasteiger charge is -2.23. The average molecular weight is 282 g/mol. The first kappa shape index (κ1) is 12.4. The van der Waals surface area contributed by atoms with Crippen LogP contribution in [-0.2, 0) is 19.4 Å². The molecule has 1 aliphatic heterocycles. The maximum Gasteiger partial charge on any atom is 0.201 e. The second-order valence-corrected chi connectivity index (χ2v) is 5.46.